The Kier molecular flexibility index (Phi) is 2.65. The Morgan fingerprint density at radius 1 is 1.20 bits per heavy atom. The van der Waals surface area contributed by atoms with Gasteiger partial charge in [-0.1, -0.05) is 26.0 Å². The number of rotatable bonds is 1. The molecule has 5 heteroatoms. The minimum absolute atomic E-state index is 0.0608. The lowest BCUT2D eigenvalue weighted by Crippen LogP contribution is -2.80. The molecular weight excluding hydrogens is 320 g/mol. The van der Waals surface area contributed by atoms with Crippen LogP contribution in [0.3, 0.4) is 0 Å². The number of fused-ring (bicyclic) bond motifs is 1. The first-order chi connectivity index (χ1) is 11.6. The molecule has 0 radical (unpaired) electrons. The summed E-state index contributed by atoms with van der Waals surface area (Å²) in [4.78, 5) is 27.2. The molecule has 2 aliphatic heterocycles. The van der Waals surface area contributed by atoms with Gasteiger partial charge >= 0.3 is 0 Å². The topological polar surface area (TPSA) is 72.8 Å². The molecule has 2 bridgehead atoms. The number of ketones is 2. The molecule has 0 aromatic heterocycles. The van der Waals surface area contributed by atoms with E-state index in [1.54, 1.807) is 6.92 Å². The third kappa shape index (κ3) is 1.25. The van der Waals surface area contributed by atoms with E-state index in [4.69, 9.17) is 9.47 Å². The number of Topliss-reactive ketones (excluding diaryl/α,β-unsaturated/α-hetero) is 2. The Morgan fingerprint density at radius 3 is 2.52 bits per heavy atom. The van der Waals surface area contributed by atoms with Crippen molar-refractivity contribution in [2.75, 3.05) is 0 Å². The van der Waals surface area contributed by atoms with Crippen LogP contribution in [0.4, 0.5) is 0 Å². The summed E-state index contributed by atoms with van der Waals surface area (Å²) in [6.45, 7) is 11.6. The Hall–Kier alpha value is -1.04. The summed E-state index contributed by atoms with van der Waals surface area (Å²) in [6, 6.07) is 0. The van der Waals surface area contributed by atoms with Gasteiger partial charge in [-0.2, -0.15) is 0 Å². The van der Waals surface area contributed by atoms with E-state index in [1.165, 1.54) is 0 Å². The number of ether oxygens (including phenoxy) is 2. The molecule has 1 unspecified atom stereocenters. The van der Waals surface area contributed by atoms with Gasteiger partial charge in [0, 0.05) is 5.92 Å². The lowest BCUT2D eigenvalue weighted by Gasteiger charge is -2.63. The quantitative estimate of drug-likeness (QED) is 0.737. The summed E-state index contributed by atoms with van der Waals surface area (Å²) in [7, 11) is 0. The molecule has 0 aromatic rings. The summed E-state index contributed by atoms with van der Waals surface area (Å²) in [5, 5.41) is 11.6. The molecule has 9 atom stereocenters. The summed E-state index contributed by atoms with van der Waals surface area (Å²) in [5.41, 5.74) is -1.40. The smallest absolute Gasteiger partial charge is 0.261 e. The first kappa shape index (κ1) is 16.2. The molecule has 5 rings (SSSR count). The molecule has 25 heavy (non-hydrogen) atoms. The fraction of sp³-hybridized carbons (Fsp3) is 0.800. The highest BCUT2D eigenvalue weighted by atomic mass is 16.8. The fourth-order valence-corrected chi connectivity index (χ4v) is 7.70. The van der Waals surface area contributed by atoms with Crippen molar-refractivity contribution in [1.29, 1.82) is 0 Å². The SMILES string of the molecule is C=C(C)[C@@H]1C(=O)[C@@]2(O)OC3(C)O[C@]24[C@@H](C)CC[C@@H]2[C@@H](C)C[C@@H]1[C@@]24C3=O. The van der Waals surface area contributed by atoms with Crippen LogP contribution < -0.4 is 0 Å². The third-order valence-electron chi connectivity index (χ3n) is 8.24. The molecule has 3 saturated carbocycles. The van der Waals surface area contributed by atoms with Crippen LogP contribution in [-0.2, 0) is 19.1 Å². The lowest BCUT2D eigenvalue weighted by molar-refractivity contribution is -0.299. The van der Waals surface area contributed by atoms with Gasteiger partial charge in [-0.25, -0.2) is 0 Å². The molecule has 3 aliphatic carbocycles. The minimum Gasteiger partial charge on any atom is -0.357 e. The van der Waals surface area contributed by atoms with E-state index in [0.29, 0.717) is 11.5 Å². The van der Waals surface area contributed by atoms with E-state index in [9.17, 15) is 14.7 Å². The summed E-state index contributed by atoms with van der Waals surface area (Å²) < 4.78 is 12.1. The second-order valence-electron chi connectivity index (χ2n) is 9.32. The maximum atomic E-state index is 13.7. The van der Waals surface area contributed by atoms with Crippen molar-refractivity contribution in [3.05, 3.63) is 12.2 Å². The predicted molar refractivity (Wildman–Crippen MR) is 88.2 cm³/mol. The lowest BCUT2D eigenvalue weighted by atomic mass is 9.42. The van der Waals surface area contributed by atoms with Gasteiger partial charge in [-0.05, 0) is 56.8 Å². The van der Waals surface area contributed by atoms with Crippen LogP contribution in [0.2, 0.25) is 0 Å². The Morgan fingerprint density at radius 2 is 1.88 bits per heavy atom. The van der Waals surface area contributed by atoms with Crippen molar-refractivity contribution in [2.24, 2.45) is 35.0 Å². The van der Waals surface area contributed by atoms with Crippen molar-refractivity contribution in [2.45, 2.75) is 64.1 Å². The molecule has 0 aromatic carbocycles. The van der Waals surface area contributed by atoms with Crippen LogP contribution in [0.15, 0.2) is 12.2 Å². The first-order valence-corrected chi connectivity index (χ1v) is 9.45. The monoisotopic (exact) mass is 346 g/mol. The van der Waals surface area contributed by atoms with Gasteiger partial charge in [0.1, 0.15) is 5.60 Å². The molecule has 2 saturated heterocycles. The van der Waals surface area contributed by atoms with Gasteiger partial charge < -0.3 is 14.6 Å². The van der Waals surface area contributed by atoms with E-state index >= 15 is 0 Å². The van der Waals surface area contributed by atoms with E-state index in [2.05, 4.69) is 13.5 Å². The molecule has 5 fully saturated rings. The van der Waals surface area contributed by atoms with E-state index in [0.717, 1.165) is 19.3 Å². The largest absolute Gasteiger partial charge is 0.357 e. The highest BCUT2D eigenvalue weighted by Gasteiger charge is 2.94. The average molecular weight is 346 g/mol. The molecule has 5 aliphatic rings. The highest BCUT2D eigenvalue weighted by molar-refractivity contribution is 6.05. The summed E-state index contributed by atoms with van der Waals surface area (Å²) in [5.74, 6) is -4.40. The van der Waals surface area contributed by atoms with Crippen LogP contribution in [0.25, 0.3) is 0 Å². The zero-order chi connectivity index (χ0) is 18.2. The number of carbonyl (C=O) groups excluding carboxylic acids is 2. The van der Waals surface area contributed by atoms with Gasteiger partial charge in [0.2, 0.25) is 17.4 Å². The molecule has 5 nitrogen and oxygen atoms in total. The normalized spacial score (nSPS) is 61.6. The summed E-state index contributed by atoms with van der Waals surface area (Å²) in [6.07, 6.45) is 2.55. The fourth-order valence-electron chi connectivity index (χ4n) is 7.70. The van der Waals surface area contributed by atoms with Crippen LogP contribution >= 0.6 is 0 Å². The van der Waals surface area contributed by atoms with Crippen LogP contribution in [0.1, 0.15) is 47.0 Å². The molecular formula is C20H26O5. The molecule has 2 heterocycles. The number of hydrogen-bond donors (Lipinski definition) is 1. The Bertz CT molecular complexity index is 744. The van der Waals surface area contributed by atoms with Gasteiger partial charge in [0.15, 0.2) is 0 Å². The second-order valence-corrected chi connectivity index (χ2v) is 9.32. The van der Waals surface area contributed by atoms with Crippen LogP contribution in [-0.4, -0.2) is 33.8 Å². The maximum absolute atomic E-state index is 13.7. The van der Waals surface area contributed by atoms with Crippen molar-refractivity contribution in [3.8, 4) is 0 Å². The molecule has 136 valence electrons. The number of hydrogen-bond acceptors (Lipinski definition) is 5. The van der Waals surface area contributed by atoms with Gasteiger partial charge in [-0.15, -0.1) is 0 Å². The van der Waals surface area contributed by atoms with Crippen LogP contribution in [0.5, 0.6) is 0 Å². The van der Waals surface area contributed by atoms with Gasteiger partial charge in [-0.3, -0.25) is 9.59 Å². The van der Waals surface area contributed by atoms with Crippen molar-refractivity contribution in [1.82, 2.24) is 0 Å². The van der Waals surface area contributed by atoms with Gasteiger partial charge in [0.05, 0.1) is 5.41 Å². The maximum Gasteiger partial charge on any atom is 0.261 e. The van der Waals surface area contributed by atoms with E-state index < -0.39 is 28.5 Å². The second kappa shape index (κ2) is 4.10. The molecule has 0 amide bonds. The molecule has 2 spiro atoms. The summed E-state index contributed by atoms with van der Waals surface area (Å²) >= 11 is 0. The average Bonchev–Trinajstić information content (AvgIpc) is 3.03. The van der Waals surface area contributed by atoms with E-state index in [-0.39, 0.29) is 29.3 Å². The van der Waals surface area contributed by atoms with Crippen molar-refractivity contribution in [3.63, 3.8) is 0 Å². The first-order valence-electron chi connectivity index (χ1n) is 9.45. The van der Waals surface area contributed by atoms with Crippen molar-refractivity contribution < 1.29 is 24.2 Å². The number of aliphatic hydroxyl groups is 1. The standard InChI is InChI=1S/C20H26O5/c1-9(2)14-13-8-10(3)12-7-6-11(4)19-18(12,13)16(22)17(5,24-19)25-20(19,23)15(14)21/h10-14,23H,1,6-8H2,2-5H3/t10-,11-,12+,13-,14-,17?,18+,19-,20+/m0/s1. The Balaban J connectivity index is 1.89. The number of carbonyl (C=O) groups is 2. The Labute approximate surface area is 147 Å². The highest BCUT2D eigenvalue weighted by Crippen LogP contribution is 2.79. The molecule has 1 N–H and O–H groups in total. The van der Waals surface area contributed by atoms with Gasteiger partial charge in [0.25, 0.3) is 5.79 Å². The zero-order valence-corrected chi connectivity index (χ0v) is 15.3. The predicted octanol–water partition coefficient (Wildman–Crippen LogP) is 2.22. The minimum atomic E-state index is -2.06. The number of allylic oxidation sites excluding steroid dienone is 1. The van der Waals surface area contributed by atoms with Crippen molar-refractivity contribution >= 4 is 11.6 Å². The zero-order valence-electron chi connectivity index (χ0n) is 15.3. The third-order valence-corrected chi connectivity index (χ3v) is 8.24. The van der Waals surface area contributed by atoms with E-state index in [1.807, 2.05) is 13.8 Å². The van der Waals surface area contributed by atoms with Crippen LogP contribution in [0, 0.1) is 35.0 Å².